The highest BCUT2D eigenvalue weighted by atomic mass is 32.2. The molecular formula is C30H37N7O4S. The van der Waals surface area contributed by atoms with Crippen LogP contribution in [0.2, 0.25) is 0 Å². The molecule has 1 aromatic carbocycles. The number of sulfonamides is 1. The van der Waals surface area contributed by atoms with Gasteiger partial charge in [-0.05, 0) is 70.2 Å². The molecule has 6 rings (SSSR count). The van der Waals surface area contributed by atoms with Gasteiger partial charge in [-0.25, -0.2) is 23.4 Å². The Labute approximate surface area is 246 Å². The molecule has 2 fully saturated rings. The highest BCUT2D eigenvalue weighted by Gasteiger charge is 2.30. The Balaban J connectivity index is 1.48. The van der Waals surface area contributed by atoms with E-state index in [1.165, 1.54) is 17.6 Å². The molecule has 12 heteroatoms. The quantitative estimate of drug-likeness (QED) is 0.294. The zero-order valence-electron chi connectivity index (χ0n) is 24.7. The Morgan fingerprint density at radius 3 is 2.52 bits per heavy atom. The zero-order valence-corrected chi connectivity index (χ0v) is 25.5. The fraction of sp³-hybridized carbons (Fsp3) is 0.467. The van der Waals surface area contributed by atoms with Crippen molar-refractivity contribution in [3.05, 3.63) is 47.7 Å². The van der Waals surface area contributed by atoms with Crippen molar-refractivity contribution in [2.45, 2.75) is 58.6 Å². The van der Waals surface area contributed by atoms with Gasteiger partial charge in [0.25, 0.3) is 0 Å². The average Bonchev–Trinajstić information content (AvgIpc) is 3.67. The number of anilines is 3. The first-order chi connectivity index (χ1) is 20.0. The van der Waals surface area contributed by atoms with Crippen LogP contribution >= 0.6 is 0 Å². The number of carbonyl (C=O) groups is 1. The minimum atomic E-state index is -3.59. The minimum Gasteiger partial charge on any atom is -0.358 e. The number of ketones is 1. The zero-order chi connectivity index (χ0) is 29.8. The number of ether oxygens (including phenoxy) is 1. The van der Waals surface area contributed by atoms with Gasteiger partial charge in [0, 0.05) is 44.8 Å². The van der Waals surface area contributed by atoms with Crippen LogP contribution in [0.5, 0.6) is 0 Å². The predicted octanol–water partition coefficient (Wildman–Crippen LogP) is 4.81. The molecule has 222 valence electrons. The summed E-state index contributed by atoms with van der Waals surface area (Å²) in [5.41, 5.74) is 5.28. The number of nitrogens with one attached hydrogen (secondary N) is 1. The Morgan fingerprint density at radius 1 is 1.10 bits per heavy atom. The molecule has 0 radical (unpaired) electrons. The lowest BCUT2D eigenvalue weighted by molar-refractivity contribution is -0.119. The first-order valence-electron chi connectivity index (χ1n) is 14.4. The van der Waals surface area contributed by atoms with Crippen LogP contribution < -0.4 is 9.62 Å². The molecule has 2 aliphatic rings. The summed E-state index contributed by atoms with van der Waals surface area (Å²) in [7, 11) is -0.145. The number of hydrogen-bond acceptors (Lipinski definition) is 8. The number of carbonyl (C=O) groups excluding carboxylic acids is 1. The van der Waals surface area contributed by atoms with Crippen molar-refractivity contribution in [1.82, 2.24) is 24.1 Å². The maximum absolute atomic E-state index is 12.8. The van der Waals surface area contributed by atoms with E-state index in [-0.39, 0.29) is 24.3 Å². The molecule has 1 saturated carbocycles. The van der Waals surface area contributed by atoms with Crippen LogP contribution in [-0.4, -0.2) is 58.2 Å². The summed E-state index contributed by atoms with van der Waals surface area (Å²) in [5, 5.41) is 3.47. The normalized spacial score (nSPS) is 17.5. The average molecular weight is 592 g/mol. The predicted molar refractivity (Wildman–Crippen MR) is 162 cm³/mol. The van der Waals surface area contributed by atoms with Crippen LogP contribution in [0.25, 0.3) is 22.6 Å². The number of benzene rings is 1. The second kappa shape index (κ2) is 10.8. The van der Waals surface area contributed by atoms with Gasteiger partial charge in [-0.3, -0.25) is 13.7 Å². The van der Waals surface area contributed by atoms with Gasteiger partial charge < -0.3 is 14.6 Å². The van der Waals surface area contributed by atoms with Crippen molar-refractivity contribution in [2.24, 2.45) is 13.0 Å². The van der Waals surface area contributed by atoms with E-state index in [4.69, 9.17) is 14.7 Å². The highest BCUT2D eigenvalue weighted by Crippen LogP contribution is 2.38. The maximum atomic E-state index is 12.8. The highest BCUT2D eigenvalue weighted by molar-refractivity contribution is 7.92. The lowest BCUT2D eigenvalue weighted by Crippen LogP contribution is -2.25. The third-order valence-electron chi connectivity index (χ3n) is 8.07. The molecule has 1 aliphatic carbocycles. The van der Waals surface area contributed by atoms with Crippen LogP contribution in [0.3, 0.4) is 0 Å². The van der Waals surface area contributed by atoms with Crippen molar-refractivity contribution in [3.8, 4) is 11.4 Å². The smallest absolute Gasteiger partial charge is 0.232 e. The van der Waals surface area contributed by atoms with Gasteiger partial charge in [0.05, 0.1) is 34.7 Å². The van der Waals surface area contributed by atoms with Crippen molar-refractivity contribution < 1.29 is 17.9 Å². The Kier molecular flexibility index (Phi) is 7.30. The topological polar surface area (TPSA) is 124 Å². The molecular weight excluding hydrogens is 554 g/mol. The SMILES string of the molecule is Cc1cn(C)c(-c2ccc(Nc3cc(CC(=O)C4CC4)nc4c3nc(C)n4C3CCCCO3)c(N(C)S(C)(=O)=O)c2)n1. The van der Waals surface area contributed by atoms with Gasteiger partial charge >= 0.3 is 0 Å². The third-order valence-corrected chi connectivity index (χ3v) is 9.26. The summed E-state index contributed by atoms with van der Waals surface area (Å²) in [6, 6.07) is 7.45. The van der Waals surface area contributed by atoms with Gasteiger partial charge in [0.15, 0.2) is 5.65 Å². The number of pyridine rings is 1. The second-order valence-corrected chi connectivity index (χ2v) is 13.5. The van der Waals surface area contributed by atoms with E-state index in [0.717, 1.165) is 55.0 Å². The van der Waals surface area contributed by atoms with Crippen molar-refractivity contribution in [3.63, 3.8) is 0 Å². The first kappa shape index (κ1) is 28.4. The number of imidazole rings is 2. The van der Waals surface area contributed by atoms with E-state index < -0.39 is 10.0 Å². The number of aromatic nitrogens is 5. The fourth-order valence-corrected chi connectivity index (χ4v) is 6.16. The van der Waals surface area contributed by atoms with Crippen molar-refractivity contribution >= 4 is 44.0 Å². The molecule has 4 aromatic rings. The van der Waals surface area contributed by atoms with Crippen LogP contribution in [0.4, 0.5) is 17.1 Å². The number of hydrogen-bond donors (Lipinski definition) is 1. The van der Waals surface area contributed by atoms with Gasteiger partial charge in [0.2, 0.25) is 10.0 Å². The summed E-state index contributed by atoms with van der Waals surface area (Å²) >= 11 is 0. The second-order valence-electron chi connectivity index (χ2n) is 11.5. The van der Waals surface area contributed by atoms with Crippen molar-refractivity contribution in [2.75, 3.05) is 29.5 Å². The Hall–Kier alpha value is -3.77. The molecule has 1 atom stereocenters. The van der Waals surface area contributed by atoms with Gasteiger partial charge in [0.1, 0.15) is 29.2 Å². The molecule has 3 aromatic heterocycles. The van der Waals surface area contributed by atoms with Crippen LogP contribution in [-0.2, 0) is 33.0 Å². The molecule has 1 saturated heterocycles. The summed E-state index contributed by atoms with van der Waals surface area (Å²) in [6.45, 7) is 4.53. The number of fused-ring (bicyclic) bond motifs is 1. The van der Waals surface area contributed by atoms with E-state index in [2.05, 4.69) is 10.3 Å². The summed E-state index contributed by atoms with van der Waals surface area (Å²) in [6.07, 6.45) is 7.96. The van der Waals surface area contributed by atoms with E-state index in [9.17, 15) is 13.2 Å². The van der Waals surface area contributed by atoms with E-state index in [0.29, 0.717) is 40.5 Å². The van der Waals surface area contributed by atoms with E-state index in [1.54, 1.807) is 0 Å². The molecule has 0 amide bonds. The van der Waals surface area contributed by atoms with Gasteiger partial charge in [-0.15, -0.1) is 0 Å². The van der Waals surface area contributed by atoms with Gasteiger partial charge in [-0.2, -0.15) is 0 Å². The van der Waals surface area contributed by atoms with Crippen LogP contribution in [0.1, 0.15) is 55.5 Å². The molecule has 1 aliphatic heterocycles. The number of aryl methyl sites for hydroxylation is 3. The lowest BCUT2D eigenvalue weighted by atomic mass is 10.1. The molecule has 0 bridgehead atoms. The summed E-state index contributed by atoms with van der Waals surface area (Å²) in [4.78, 5) is 27.3. The molecule has 11 nitrogen and oxygen atoms in total. The van der Waals surface area contributed by atoms with Crippen LogP contribution in [0, 0.1) is 19.8 Å². The third kappa shape index (κ3) is 5.52. The van der Waals surface area contributed by atoms with Crippen molar-refractivity contribution in [1.29, 1.82) is 0 Å². The molecule has 0 spiro atoms. The van der Waals surface area contributed by atoms with Gasteiger partial charge in [-0.1, -0.05) is 0 Å². The number of rotatable bonds is 9. The summed E-state index contributed by atoms with van der Waals surface area (Å²) < 4.78 is 36.8. The Morgan fingerprint density at radius 2 is 1.88 bits per heavy atom. The Bertz CT molecular complexity index is 1780. The number of Topliss-reactive ketones (excluding diaryl/α,β-unsaturated/α-hetero) is 1. The van der Waals surface area contributed by atoms with E-state index >= 15 is 0 Å². The van der Waals surface area contributed by atoms with Crippen LogP contribution in [0.15, 0.2) is 30.5 Å². The van der Waals surface area contributed by atoms with E-state index in [1.807, 2.05) is 60.5 Å². The largest absolute Gasteiger partial charge is 0.358 e. The molecule has 1 N–H and O–H groups in total. The lowest BCUT2D eigenvalue weighted by Gasteiger charge is -2.25. The molecule has 42 heavy (non-hydrogen) atoms. The summed E-state index contributed by atoms with van der Waals surface area (Å²) in [5.74, 6) is 1.81. The minimum absolute atomic E-state index is 0.115. The standard InChI is InChI=1S/C30H37N7O4S/c1-18-17-35(3)29(31-18)21-11-12-23(25(14-21)36(4)42(5,39)40)34-24-15-22(16-26(38)20-9-10-20)33-30-28(24)32-19(2)37(30)27-8-6-7-13-41-27/h11-12,14-15,17,20,27H,6-10,13,16H2,1-5H3,(H,33,34). The maximum Gasteiger partial charge on any atom is 0.232 e. The fourth-order valence-electron chi connectivity index (χ4n) is 5.65. The first-order valence-corrected chi connectivity index (χ1v) is 16.2. The monoisotopic (exact) mass is 591 g/mol. The molecule has 1 unspecified atom stereocenters. The number of nitrogens with zero attached hydrogens (tertiary/aromatic N) is 6. The molecule has 4 heterocycles.